The molecule has 1 atom stereocenters. The molecule has 3 heterocycles. The van der Waals surface area contributed by atoms with E-state index >= 15 is 0 Å². The van der Waals surface area contributed by atoms with Crippen molar-refractivity contribution in [1.82, 2.24) is 9.88 Å². The fourth-order valence-corrected chi connectivity index (χ4v) is 7.55. The summed E-state index contributed by atoms with van der Waals surface area (Å²) in [5, 5.41) is 8.66. The number of fused-ring (bicyclic) bond motifs is 6. The number of hydrogen-bond acceptors (Lipinski definition) is 4. The first-order valence-corrected chi connectivity index (χ1v) is 15.6. The van der Waals surface area contributed by atoms with Gasteiger partial charge in [0.05, 0.1) is 16.7 Å². The van der Waals surface area contributed by atoms with Crippen LogP contribution in [0.15, 0.2) is 156 Å². The molecule has 0 saturated heterocycles. The molecule has 0 bridgehead atoms. The van der Waals surface area contributed by atoms with Crippen molar-refractivity contribution in [2.24, 2.45) is 9.98 Å². The van der Waals surface area contributed by atoms with Crippen molar-refractivity contribution in [2.45, 2.75) is 6.17 Å². The number of benzene rings is 6. The van der Waals surface area contributed by atoms with Crippen molar-refractivity contribution in [3.05, 3.63) is 162 Å². The van der Waals surface area contributed by atoms with E-state index in [0.717, 1.165) is 28.4 Å². The second-order valence-corrected chi connectivity index (χ2v) is 12.2. The predicted octanol–water partition coefficient (Wildman–Crippen LogP) is 9.65. The maximum absolute atomic E-state index is 5.08. The molecule has 1 unspecified atom stereocenters. The van der Waals surface area contributed by atoms with Gasteiger partial charge in [0, 0.05) is 42.1 Å². The molecule has 0 amide bonds. The van der Waals surface area contributed by atoms with Gasteiger partial charge in [0.2, 0.25) is 0 Å². The molecule has 0 saturated carbocycles. The Hall–Kier alpha value is -5.52. The van der Waals surface area contributed by atoms with E-state index in [2.05, 4.69) is 131 Å². The lowest BCUT2D eigenvalue weighted by molar-refractivity contribution is 0.674. The van der Waals surface area contributed by atoms with Crippen LogP contribution in [0.2, 0.25) is 0 Å². The number of nitrogens with zero attached hydrogens (tertiary/aromatic N) is 3. The molecule has 8 aromatic rings. The maximum atomic E-state index is 5.08. The topological polar surface area (TPSA) is 41.7 Å². The molecule has 9 rings (SSSR count). The number of hydrogen-bond donors (Lipinski definition) is 1. The summed E-state index contributed by atoms with van der Waals surface area (Å²) in [6, 6.07) is 51.4. The van der Waals surface area contributed by atoms with Gasteiger partial charge < -0.3 is 9.88 Å². The van der Waals surface area contributed by atoms with E-state index in [1.807, 2.05) is 35.6 Å². The largest absolute Gasteiger partial charge is 0.344 e. The smallest absolute Gasteiger partial charge is 0.159 e. The molecule has 0 spiro atoms. The third-order valence-electron chi connectivity index (χ3n) is 8.46. The molecule has 44 heavy (non-hydrogen) atoms. The Balaban J connectivity index is 1.25. The molecule has 6 aromatic carbocycles. The van der Waals surface area contributed by atoms with Crippen molar-refractivity contribution in [3.8, 4) is 5.69 Å². The lowest BCUT2D eigenvalue weighted by Gasteiger charge is -2.23. The van der Waals surface area contributed by atoms with Crippen LogP contribution in [0, 0.1) is 0 Å². The summed E-state index contributed by atoms with van der Waals surface area (Å²) in [5.41, 5.74) is 6.76. The standard InChI is InChI=1S/C39H26N4S/c1-3-12-25(13-4-1)37-40-38(26-14-5-2-6-15-26)42-39(41-37)27-22-23-34-30(24-27)36-33(20-11-21-35(36)44-34)43-31-18-9-7-16-28(31)29-17-8-10-19-32(29)43/h1-24,37H,(H,40,41,42). The molecule has 0 radical (unpaired) electrons. The number of aromatic nitrogens is 1. The Morgan fingerprint density at radius 1 is 0.568 bits per heavy atom. The second-order valence-electron chi connectivity index (χ2n) is 11.1. The summed E-state index contributed by atoms with van der Waals surface area (Å²) >= 11 is 1.84. The van der Waals surface area contributed by atoms with E-state index in [1.165, 1.54) is 47.7 Å². The minimum atomic E-state index is -0.234. The minimum Gasteiger partial charge on any atom is -0.344 e. The Morgan fingerprint density at radius 3 is 2.00 bits per heavy atom. The highest BCUT2D eigenvalue weighted by Crippen LogP contribution is 2.41. The molecule has 1 aliphatic heterocycles. The van der Waals surface area contributed by atoms with Crippen LogP contribution in [-0.4, -0.2) is 16.2 Å². The Kier molecular flexibility index (Phi) is 5.71. The van der Waals surface area contributed by atoms with Crippen molar-refractivity contribution >= 4 is 65.0 Å². The van der Waals surface area contributed by atoms with Crippen LogP contribution in [-0.2, 0) is 0 Å². The van der Waals surface area contributed by atoms with Crippen LogP contribution in [0.25, 0.3) is 47.7 Å². The monoisotopic (exact) mass is 582 g/mol. The van der Waals surface area contributed by atoms with Gasteiger partial charge in [0.25, 0.3) is 0 Å². The quantitative estimate of drug-likeness (QED) is 0.221. The molecule has 4 nitrogen and oxygen atoms in total. The van der Waals surface area contributed by atoms with E-state index in [9.17, 15) is 0 Å². The van der Waals surface area contributed by atoms with E-state index in [0.29, 0.717) is 0 Å². The van der Waals surface area contributed by atoms with Crippen molar-refractivity contribution in [2.75, 3.05) is 0 Å². The number of amidine groups is 2. The zero-order valence-electron chi connectivity index (χ0n) is 23.7. The van der Waals surface area contributed by atoms with Gasteiger partial charge in [-0.15, -0.1) is 11.3 Å². The van der Waals surface area contributed by atoms with Crippen LogP contribution < -0.4 is 5.32 Å². The van der Waals surface area contributed by atoms with Gasteiger partial charge >= 0.3 is 0 Å². The van der Waals surface area contributed by atoms with Crippen LogP contribution >= 0.6 is 11.3 Å². The van der Waals surface area contributed by atoms with Gasteiger partial charge in [-0.05, 0) is 48.0 Å². The molecule has 5 heteroatoms. The first kappa shape index (κ1) is 25.0. The highest BCUT2D eigenvalue weighted by molar-refractivity contribution is 7.25. The molecular weight excluding hydrogens is 557 g/mol. The van der Waals surface area contributed by atoms with Crippen LogP contribution in [0.3, 0.4) is 0 Å². The van der Waals surface area contributed by atoms with Crippen LogP contribution in [0.4, 0.5) is 0 Å². The SMILES string of the molecule is c1ccc(C2=NC(c3ccccc3)NC(c3ccc4sc5cccc(-n6c7ccccc7c7ccccc76)c5c4c3)=N2)cc1. The highest BCUT2D eigenvalue weighted by atomic mass is 32.1. The fourth-order valence-electron chi connectivity index (χ4n) is 6.44. The Labute approximate surface area is 258 Å². The van der Waals surface area contributed by atoms with Crippen LogP contribution in [0.5, 0.6) is 0 Å². The van der Waals surface area contributed by atoms with E-state index < -0.39 is 0 Å². The Morgan fingerprint density at radius 2 is 1.25 bits per heavy atom. The summed E-state index contributed by atoms with van der Waals surface area (Å²) in [6.45, 7) is 0. The predicted molar refractivity (Wildman–Crippen MR) is 186 cm³/mol. The molecule has 1 aliphatic rings. The van der Waals surface area contributed by atoms with Crippen molar-refractivity contribution in [1.29, 1.82) is 0 Å². The number of rotatable bonds is 4. The van der Waals surface area contributed by atoms with Gasteiger partial charge in [-0.3, -0.25) is 0 Å². The molecular formula is C39H26N4S. The summed E-state index contributed by atoms with van der Waals surface area (Å²) in [4.78, 5) is 10.1. The number of aliphatic imine (C=N–C) groups is 2. The molecule has 208 valence electrons. The van der Waals surface area contributed by atoms with Gasteiger partial charge in [0.15, 0.2) is 5.84 Å². The highest BCUT2D eigenvalue weighted by Gasteiger charge is 2.22. The lowest BCUT2D eigenvalue weighted by atomic mass is 10.1. The van der Waals surface area contributed by atoms with Crippen molar-refractivity contribution < 1.29 is 0 Å². The first-order chi connectivity index (χ1) is 21.8. The zero-order valence-corrected chi connectivity index (χ0v) is 24.5. The number of para-hydroxylation sites is 2. The summed E-state index contributed by atoms with van der Waals surface area (Å²) in [5.74, 6) is 1.55. The number of thiophene rings is 1. The van der Waals surface area contributed by atoms with Gasteiger partial charge in [-0.25, -0.2) is 9.98 Å². The molecule has 2 aromatic heterocycles. The van der Waals surface area contributed by atoms with E-state index in [1.54, 1.807) is 0 Å². The molecule has 0 aliphatic carbocycles. The third-order valence-corrected chi connectivity index (χ3v) is 9.59. The van der Waals surface area contributed by atoms with E-state index in [-0.39, 0.29) is 6.17 Å². The molecule has 1 N–H and O–H groups in total. The van der Waals surface area contributed by atoms with Gasteiger partial charge in [-0.1, -0.05) is 103 Å². The van der Waals surface area contributed by atoms with Crippen molar-refractivity contribution in [3.63, 3.8) is 0 Å². The average Bonchev–Trinajstić information content (AvgIpc) is 3.64. The second kappa shape index (κ2) is 10.0. The minimum absolute atomic E-state index is 0.234. The van der Waals surface area contributed by atoms with Crippen LogP contribution in [0.1, 0.15) is 22.9 Å². The third kappa shape index (κ3) is 3.98. The maximum Gasteiger partial charge on any atom is 0.159 e. The zero-order chi connectivity index (χ0) is 29.0. The molecule has 0 fully saturated rings. The average molecular weight is 583 g/mol. The first-order valence-electron chi connectivity index (χ1n) is 14.8. The van der Waals surface area contributed by atoms with Gasteiger partial charge in [0.1, 0.15) is 12.0 Å². The normalized spacial score (nSPS) is 15.0. The lowest BCUT2D eigenvalue weighted by Crippen LogP contribution is -2.33. The summed E-state index contributed by atoms with van der Waals surface area (Å²) in [6.07, 6.45) is -0.234. The fraction of sp³-hybridized carbons (Fsp3) is 0.0256. The Bertz CT molecular complexity index is 2360. The summed E-state index contributed by atoms with van der Waals surface area (Å²) in [7, 11) is 0. The number of nitrogens with one attached hydrogen (secondary N) is 1. The summed E-state index contributed by atoms with van der Waals surface area (Å²) < 4.78 is 4.95. The van der Waals surface area contributed by atoms with Gasteiger partial charge in [-0.2, -0.15) is 0 Å². The van der Waals surface area contributed by atoms with E-state index in [4.69, 9.17) is 9.98 Å².